The highest BCUT2D eigenvalue weighted by Crippen LogP contribution is 2.34. The second-order valence-corrected chi connectivity index (χ2v) is 8.07. The number of nitrogens with one attached hydrogen (secondary N) is 2. The summed E-state index contributed by atoms with van der Waals surface area (Å²) in [7, 11) is 0. The number of fused-ring (bicyclic) bond motifs is 1. The molecule has 32 heavy (non-hydrogen) atoms. The van der Waals surface area contributed by atoms with Gasteiger partial charge in [-0.25, -0.2) is 9.59 Å². The summed E-state index contributed by atoms with van der Waals surface area (Å²) in [6.45, 7) is 5.40. The molecule has 0 saturated heterocycles. The van der Waals surface area contributed by atoms with Crippen molar-refractivity contribution in [2.24, 2.45) is 0 Å². The molecule has 2 N–H and O–H groups in total. The molecule has 7 nitrogen and oxygen atoms in total. The van der Waals surface area contributed by atoms with Gasteiger partial charge in [0.1, 0.15) is 9.88 Å². The molecule has 0 atom stereocenters. The summed E-state index contributed by atoms with van der Waals surface area (Å²) in [4.78, 5) is 37.9. The molecule has 0 aliphatic carbocycles. The van der Waals surface area contributed by atoms with E-state index in [2.05, 4.69) is 10.6 Å². The lowest BCUT2D eigenvalue weighted by atomic mass is 10.0. The monoisotopic (exact) mass is 470 g/mol. The molecule has 0 saturated carbocycles. The van der Waals surface area contributed by atoms with Crippen molar-refractivity contribution in [3.8, 4) is 0 Å². The number of amides is 1. The Morgan fingerprint density at radius 2 is 1.62 bits per heavy atom. The van der Waals surface area contributed by atoms with Gasteiger partial charge in [-0.15, -0.1) is 11.3 Å². The van der Waals surface area contributed by atoms with Crippen LogP contribution in [-0.2, 0) is 9.47 Å². The summed E-state index contributed by atoms with van der Waals surface area (Å²) in [6.07, 6.45) is 0. The number of hydrogen-bond donors (Lipinski definition) is 2. The number of benzene rings is 2. The van der Waals surface area contributed by atoms with Crippen molar-refractivity contribution in [1.29, 1.82) is 0 Å². The van der Waals surface area contributed by atoms with E-state index in [0.29, 0.717) is 16.1 Å². The number of hydrogen-bond acceptors (Lipinski definition) is 7. The fourth-order valence-electron chi connectivity index (χ4n) is 3.17. The highest BCUT2D eigenvalue weighted by molar-refractivity contribution is 7.80. The van der Waals surface area contributed by atoms with Crippen LogP contribution >= 0.6 is 23.6 Å². The molecule has 9 heteroatoms. The molecule has 0 spiro atoms. The number of anilines is 1. The van der Waals surface area contributed by atoms with Crippen LogP contribution in [0.1, 0.15) is 49.8 Å². The van der Waals surface area contributed by atoms with E-state index in [1.54, 1.807) is 32.9 Å². The molecule has 0 aliphatic rings. The maximum Gasteiger partial charge on any atom is 0.348 e. The third-order valence-corrected chi connectivity index (χ3v) is 5.97. The minimum absolute atomic E-state index is 0.00913. The number of rotatable bonds is 6. The standard InChI is InChI=1S/C23H22N2O5S2/c1-4-29-21(27)17-13(3)18(22(28)30-5-2)32-20(17)25-23(31)24-19(26)16-12-8-10-14-9-6-7-11-15(14)16/h6-12H,4-5H2,1-3H3,(H2,24,25,26,31). The first-order chi connectivity index (χ1) is 15.4. The quantitative estimate of drug-likeness (QED) is 0.399. The van der Waals surface area contributed by atoms with Crippen LogP contribution in [0, 0.1) is 6.92 Å². The van der Waals surface area contributed by atoms with Gasteiger partial charge in [0.15, 0.2) is 5.11 Å². The molecule has 166 valence electrons. The minimum Gasteiger partial charge on any atom is -0.462 e. The van der Waals surface area contributed by atoms with Gasteiger partial charge in [-0.3, -0.25) is 10.1 Å². The summed E-state index contributed by atoms with van der Waals surface area (Å²) in [5, 5.41) is 7.51. The van der Waals surface area contributed by atoms with Crippen LogP contribution in [0.15, 0.2) is 42.5 Å². The lowest BCUT2D eigenvalue weighted by molar-refractivity contribution is 0.0527. The van der Waals surface area contributed by atoms with E-state index in [0.717, 1.165) is 22.1 Å². The highest BCUT2D eigenvalue weighted by Gasteiger charge is 2.27. The summed E-state index contributed by atoms with van der Waals surface area (Å²) < 4.78 is 10.2. The number of thiophene rings is 1. The van der Waals surface area contributed by atoms with Gasteiger partial charge in [-0.2, -0.15) is 0 Å². The average Bonchev–Trinajstić information content (AvgIpc) is 3.09. The van der Waals surface area contributed by atoms with E-state index in [1.165, 1.54) is 0 Å². The molecular weight excluding hydrogens is 448 g/mol. The normalized spacial score (nSPS) is 10.5. The third kappa shape index (κ3) is 4.95. The summed E-state index contributed by atoms with van der Waals surface area (Å²) in [6, 6.07) is 12.9. The van der Waals surface area contributed by atoms with Crippen LogP contribution in [-0.4, -0.2) is 36.2 Å². The Labute approximate surface area is 194 Å². The molecule has 0 radical (unpaired) electrons. The van der Waals surface area contributed by atoms with E-state index in [-0.39, 0.29) is 28.8 Å². The van der Waals surface area contributed by atoms with E-state index >= 15 is 0 Å². The van der Waals surface area contributed by atoms with Gasteiger partial charge >= 0.3 is 11.9 Å². The maximum absolute atomic E-state index is 12.8. The molecule has 2 aromatic carbocycles. The van der Waals surface area contributed by atoms with Crippen LogP contribution in [0.2, 0.25) is 0 Å². The zero-order valence-corrected chi connectivity index (χ0v) is 19.4. The largest absolute Gasteiger partial charge is 0.462 e. The van der Waals surface area contributed by atoms with Crippen LogP contribution < -0.4 is 10.6 Å². The lowest BCUT2D eigenvalue weighted by Gasteiger charge is -2.11. The predicted molar refractivity (Wildman–Crippen MR) is 129 cm³/mol. The van der Waals surface area contributed by atoms with Crippen LogP contribution in [0.4, 0.5) is 5.00 Å². The smallest absolute Gasteiger partial charge is 0.348 e. The van der Waals surface area contributed by atoms with Crippen LogP contribution in [0.3, 0.4) is 0 Å². The van der Waals surface area contributed by atoms with E-state index in [1.807, 2.05) is 30.3 Å². The van der Waals surface area contributed by atoms with Crippen LogP contribution in [0.25, 0.3) is 10.8 Å². The number of esters is 2. The molecule has 0 bridgehead atoms. The first kappa shape index (κ1) is 23.4. The Balaban J connectivity index is 1.86. The number of carbonyl (C=O) groups is 3. The Morgan fingerprint density at radius 1 is 0.969 bits per heavy atom. The molecular formula is C23H22N2O5S2. The van der Waals surface area contributed by atoms with Crippen molar-refractivity contribution in [1.82, 2.24) is 5.32 Å². The molecule has 0 unspecified atom stereocenters. The van der Waals surface area contributed by atoms with Gasteiger partial charge in [0, 0.05) is 5.56 Å². The second-order valence-electron chi connectivity index (χ2n) is 6.64. The fraction of sp³-hybridized carbons (Fsp3) is 0.217. The summed E-state index contributed by atoms with van der Waals surface area (Å²) in [5.41, 5.74) is 1.08. The van der Waals surface area contributed by atoms with E-state index in [9.17, 15) is 14.4 Å². The SMILES string of the molecule is CCOC(=O)c1sc(NC(=S)NC(=O)c2cccc3ccccc23)c(C(=O)OCC)c1C. The fourth-order valence-corrected chi connectivity index (χ4v) is 4.52. The van der Waals surface area contributed by atoms with Gasteiger partial charge in [-0.1, -0.05) is 36.4 Å². The zero-order valence-electron chi connectivity index (χ0n) is 17.8. The Kier molecular flexibility index (Phi) is 7.55. The Morgan fingerprint density at radius 3 is 2.34 bits per heavy atom. The van der Waals surface area contributed by atoms with Crippen molar-refractivity contribution in [3.63, 3.8) is 0 Å². The van der Waals surface area contributed by atoms with Crippen molar-refractivity contribution in [3.05, 3.63) is 64.0 Å². The molecule has 0 fully saturated rings. The highest BCUT2D eigenvalue weighted by atomic mass is 32.1. The topological polar surface area (TPSA) is 93.7 Å². The molecule has 1 amide bonds. The molecule has 3 rings (SSSR count). The summed E-state index contributed by atoms with van der Waals surface area (Å²) >= 11 is 6.33. The van der Waals surface area contributed by atoms with Gasteiger partial charge in [-0.05, 0) is 55.4 Å². The molecule has 1 heterocycles. The average molecular weight is 471 g/mol. The first-order valence-corrected chi connectivity index (χ1v) is 11.2. The Hall–Kier alpha value is -3.30. The Bertz CT molecular complexity index is 1200. The van der Waals surface area contributed by atoms with Crippen LogP contribution in [0.5, 0.6) is 0 Å². The zero-order chi connectivity index (χ0) is 23.3. The molecule has 1 aromatic heterocycles. The first-order valence-electron chi connectivity index (χ1n) is 9.95. The van der Waals surface area contributed by atoms with Gasteiger partial charge < -0.3 is 14.8 Å². The van der Waals surface area contributed by atoms with E-state index < -0.39 is 17.8 Å². The minimum atomic E-state index is -0.595. The van der Waals surface area contributed by atoms with Crippen molar-refractivity contribution >= 4 is 62.3 Å². The predicted octanol–water partition coefficient (Wildman–Crippen LogP) is 4.69. The molecule has 0 aliphatic heterocycles. The molecule has 3 aromatic rings. The van der Waals surface area contributed by atoms with Gasteiger partial charge in [0.25, 0.3) is 5.91 Å². The van der Waals surface area contributed by atoms with Gasteiger partial charge in [0.2, 0.25) is 0 Å². The van der Waals surface area contributed by atoms with Crippen molar-refractivity contribution in [2.45, 2.75) is 20.8 Å². The number of ether oxygens (including phenoxy) is 2. The maximum atomic E-state index is 12.8. The van der Waals surface area contributed by atoms with Crippen molar-refractivity contribution < 1.29 is 23.9 Å². The number of carbonyl (C=O) groups excluding carboxylic acids is 3. The van der Waals surface area contributed by atoms with E-state index in [4.69, 9.17) is 21.7 Å². The lowest BCUT2D eigenvalue weighted by Crippen LogP contribution is -2.34. The third-order valence-electron chi connectivity index (χ3n) is 4.58. The van der Waals surface area contributed by atoms with Crippen molar-refractivity contribution in [2.75, 3.05) is 18.5 Å². The summed E-state index contributed by atoms with van der Waals surface area (Å²) in [5.74, 6) is -1.53. The second kappa shape index (κ2) is 10.3. The van der Waals surface area contributed by atoms with Gasteiger partial charge in [0.05, 0.1) is 18.8 Å². The number of thiocarbonyl (C=S) groups is 1.